The SMILES string of the molecule is CC(C)[C@H](NC(=O)OC(C)(C)C)C(=O)N/C(=N/C=N)c1ccc([C@]2(C#N)O[C@H](CO)[C@@H](OC(=O)Cc3ccccc3)[C@H]2O)[nH]1. The summed E-state index contributed by atoms with van der Waals surface area (Å²) >= 11 is 0. The standard InChI is InChI=1S/C30H38N6O8/c1-17(2)23(35-28(41)44-29(3,4)5)27(40)36-26(33-16-32)19-11-12-21(34-19)30(15-31)25(39)24(20(14-37)43-30)42-22(38)13-18-9-7-6-8-10-18/h6-12,16-17,20,23-25,34,37,39H,13-14H2,1-5H3,(H,35,41)(H2,32,33,36,40)/t20-,23+,24-,25-,30+/m1/s1. The second kappa shape index (κ2) is 14.3. The van der Waals surface area contributed by atoms with E-state index in [2.05, 4.69) is 20.6 Å². The first kappa shape index (κ1) is 33.9. The van der Waals surface area contributed by atoms with E-state index in [9.17, 15) is 29.9 Å². The average molecular weight is 611 g/mol. The molecule has 0 radical (unpaired) electrons. The highest BCUT2D eigenvalue weighted by atomic mass is 16.6. The summed E-state index contributed by atoms with van der Waals surface area (Å²) in [6, 6.07) is 12.5. The molecule has 1 saturated heterocycles. The number of hydrogen-bond acceptors (Lipinski definition) is 10. The maximum atomic E-state index is 13.2. The number of amidine groups is 1. The Hall–Kier alpha value is -4.58. The lowest BCUT2D eigenvalue weighted by atomic mass is 9.92. The minimum absolute atomic E-state index is 0.0155. The molecule has 14 heteroatoms. The summed E-state index contributed by atoms with van der Waals surface area (Å²) < 4.78 is 16.5. The Bertz CT molecular complexity index is 1410. The van der Waals surface area contributed by atoms with E-state index in [1.54, 1.807) is 65.0 Å². The van der Waals surface area contributed by atoms with Gasteiger partial charge >= 0.3 is 12.1 Å². The van der Waals surface area contributed by atoms with Crippen molar-refractivity contribution in [1.29, 1.82) is 10.7 Å². The van der Waals surface area contributed by atoms with Gasteiger partial charge in [-0.3, -0.25) is 15.0 Å². The summed E-state index contributed by atoms with van der Waals surface area (Å²) in [4.78, 5) is 45.0. The molecule has 3 rings (SSSR count). The molecule has 0 unspecified atom stereocenters. The van der Waals surface area contributed by atoms with Crippen molar-refractivity contribution in [3.8, 4) is 6.07 Å². The quantitative estimate of drug-likeness (QED) is 0.131. The number of amides is 2. The lowest BCUT2D eigenvalue weighted by molar-refractivity contribution is -0.155. The third-order valence-corrected chi connectivity index (χ3v) is 6.63. The Morgan fingerprint density at radius 3 is 2.48 bits per heavy atom. The van der Waals surface area contributed by atoms with Crippen molar-refractivity contribution < 1.29 is 38.8 Å². The highest BCUT2D eigenvalue weighted by Gasteiger charge is 2.58. The maximum Gasteiger partial charge on any atom is 0.408 e. The van der Waals surface area contributed by atoms with E-state index in [-0.39, 0.29) is 29.6 Å². The Morgan fingerprint density at radius 2 is 1.91 bits per heavy atom. The van der Waals surface area contributed by atoms with Gasteiger partial charge in [0.15, 0.2) is 11.9 Å². The third-order valence-electron chi connectivity index (χ3n) is 6.63. The maximum absolute atomic E-state index is 13.2. The van der Waals surface area contributed by atoms with Crippen molar-refractivity contribution in [2.24, 2.45) is 10.9 Å². The molecule has 5 atom stereocenters. The van der Waals surface area contributed by atoms with Crippen LogP contribution in [-0.2, 0) is 35.8 Å². The molecular weight excluding hydrogens is 572 g/mol. The molecule has 0 bridgehead atoms. The van der Waals surface area contributed by atoms with Crippen LogP contribution in [0.5, 0.6) is 0 Å². The number of aliphatic hydroxyl groups excluding tert-OH is 2. The summed E-state index contributed by atoms with van der Waals surface area (Å²) in [5.74, 6) is -1.83. The Morgan fingerprint density at radius 1 is 1.23 bits per heavy atom. The van der Waals surface area contributed by atoms with Crippen LogP contribution in [0.2, 0.25) is 0 Å². The number of carbonyl (C=O) groups is 3. The van der Waals surface area contributed by atoms with Gasteiger partial charge in [-0.05, 0) is 44.4 Å². The number of aromatic amines is 1. The van der Waals surface area contributed by atoms with Gasteiger partial charge in [-0.25, -0.2) is 9.79 Å². The van der Waals surface area contributed by atoms with Gasteiger partial charge in [0.25, 0.3) is 0 Å². The second-order valence-corrected chi connectivity index (χ2v) is 11.5. The summed E-state index contributed by atoms with van der Waals surface area (Å²) in [5, 5.41) is 43.9. The summed E-state index contributed by atoms with van der Waals surface area (Å²) in [6.45, 7) is 7.85. The average Bonchev–Trinajstić information content (AvgIpc) is 3.55. The lowest BCUT2D eigenvalue weighted by Gasteiger charge is -2.25. The minimum atomic E-state index is -2.10. The molecule has 1 fully saturated rings. The number of nitrogens with zero attached hydrogens (tertiary/aromatic N) is 2. The summed E-state index contributed by atoms with van der Waals surface area (Å²) in [6.07, 6.45) is -4.51. The van der Waals surface area contributed by atoms with E-state index in [0.29, 0.717) is 11.9 Å². The van der Waals surface area contributed by atoms with Gasteiger partial charge in [-0.1, -0.05) is 44.2 Å². The van der Waals surface area contributed by atoms with Crippen LogP contribution in [0.1, 0.15) is 51.6 Å². The predicted molar refractivity (Wildman–Crippen MR) is 158 cm³/mol. The summed E-state index contributed by atoms with van der Waals surface area (Å²) in [7, 11) is 0. The zero-order valence-electron chi connectivity index (χ0n) is 25.2. The number of aliphatic imine (C=N–C) groups is 1. The van der Waals surface area contributed by atoms with Crippen LogP contribution in [0.25, 0.3) is 0 Å². The Labute approximate surface area is 254 Å². The van der Waals surface area contributed by atoms with Gasteiger partial charge in [0.05, 0.1) is 24.4 Å². The number of aromatic nitrogens is 1. The molecule has 0 spiro atoms. The van der Waals surface area contributed by atoms with Crippen LogP contribution in [0.3, 0.4) is 0 Å². The normalized spacial score (nSPS) is 22.5. The fourth-order valence-corrected chi connectivity index (χ4v) is 4.57. The smallest absolute Gasteiger partial charge is 0.408 e. The summed E-state index contributed by atoms with van der Waals surface area (Å²) in [5.41, 5.74) is -2.06. The van der Waals surface area contributed by atoms with E-state index >= 15 is 0 Å². The number of alkyl carbamates (subject to hydrolysis) is 1. The zero-order valence-corrected chi connectivity index (χ0v) is 25.2. The van der Waals surface area contributed by atoms with Gasteiger partial charge in [0.1, 0.15) is 36.3 Å². The Kier molecular flexibility index (Phi) is 11.0. The van der Waals surface area contributed by atoms with Crippen molar-refractivity contribution in [3.05, 3.63) is 59.4 Å². The topological polar surface area (TPSA) is 219 Å². The van der Waals surface area contributed by atoms with Gasteiger partial charge < -0.3 is 40.0 Å². The van der Waals surface area contributed by atoms with Crippen molar-refractivity contribution >= 4 is 30.1 Å². The van der Waals surface area contributed by atoms with Crippen molar-refractivity contribution in [2.75, 3.05) is 6.61 Å². The van der Waals surface area contributed by atoms with Crippen molar-refractivity contribution in [1.82, 2.24) is 15.6 Å². The van der Waals surface area contributed by atoms with Crippen molar-refractivity contribution in [2.45, 2.75) is 76.6 Å². The number of nitrogens with one attached hydrogen (secondary N) is 4. The molecule has 1 aliphatic rings. The fourth-order valence-electron chi connectivity index (χ4n) is 4.57. The first-order chi connectivity index (χ1) is 20.7. The largest absolute Gasteiger partial charge is 0.456 e. The highest BCUT2D eigenvalue weighted by molar-refractivity contribution is 6.10. The lowest BCUT2D eigenvalue weighted by Crippen LogP contribution is -2.52. The molecule has 1 aliphatic heterocycles. The molecule has 0 saturated carbocycles. The first-order valence-electron chi connectivity index (χ1n) is 13.9. The van der Waals surface area contributed by atoms with Gasteiger partial charge in [0.2, 0.25) is 11.5 Å². The number of H-pyrrole nitrogens is 1. The molecule has 2 amide bonds. The molecular formula is C30H38N6O8. The number of benzene rings is 1. The van der Waals surface area contributed by atoms with E-state index in [1.165, 1.54) is 12.1 Å². The van der Waals surface area contributed by atoms with E-state index in [1.807, 2.05) is 6.07 Å². The van der Waals surface area contributed by atoms with Gasteiger partial charge in [0, 0.05) is 0 Å². The van der Waals surface area contributed by atoms with Crippen LogP contribution in [-0.4, -0.2) is 81.9 Å². The predicted octanol–water partition coefficient (Wildman–Crippen LogP) is 1.66. The van der Waals surface area contributed by atoms with Crippen LogP contribution in [0, 0.1) is 22.7 Å². The van der Waals surface area contributed by atoms with E-state index < -0.39 is 60.1 Å². The minimum Gasteiger partial charge on any atom is -0.456 e. The second-order valence-electron chi connectivity index (χ2n) is 11.5. The number of aliphatic hydroxyl groups is 2. The van der Waals surface area contributed by atoms with Crippen LogP contribution < -0.4 is 10.6 Å². The van der Waals surface area contributed by atoms with E-state index in [4.69, 9.17) is 19.6 Å². The monoisotopic (exact) mass is 610 g/mol. The molecule has 2 heterocycles. The molecule has 14 nitrogen and oxygen atoms in total. The molecule has 6 N–H and O–H groups in total. The van der Waals surface area contributed by atoms with Gasteiger partial charge in [-0.15, -0.1) is 0 Å². The first-order valence-corrected chi connectivity index (χ1v) is 13.9. The molecule has 236 valence electrons. The van der Waals surface area contributed by atoms with Crippen LogP contribution in [0.15, 0.2) is 47.5 Å². The third kappa shape index (κ3) is 8.07. The van der Waals surface area contributed by atoms with Crippen LogP contribution >= 0.6 is 0 Å². The Balaban J connectivity index is 1.82. The number of esters is 1. The number of nitriles is 1. The number of rotatable bonds is 10. The highest BCUT2D eigenvalue weighted by Crippen LogP contribution is 2.40. The zero-order chi connectivity index (χ0) is 32.7. The number of ether oxygens (including phenoxy) is 3. The molecule has 2 aromatic rings. The number of hydrogen-bond donors (Lipinski definition) is 6. The molecule has 44 heavy (non-hydrogen) atoms. The van der Waals surface area contributed by atoms with Gasteiger partial charge in [-0.2, -0.15) is 5.26 Å². The fraction of sp³-hybridized carbons (Fsp3) is 0.467. The molecule has 1 aromatic carbocycles. The number of carbonyl (C=O) groups excluding carboxylic acids is 3. The van der Waals surface area contributed by atoms with E-state index in [0.717, 1.165) is 0 Å². The van der Waals surface area contributed by atoms with Crippen molar-refractivity contribution in [3.63, 3.8) is 0 Å². The molecule has 0 aliphatic carbocycles. The van der Waals surface area contributed by atoms with Crippen LogP contribution in [0.4, 0.5) is 4.79 Å². The molecule has 1 aromatic heterocycles.